The maximum Gasteiger partial charge on any atom is 0.313 e. The van der Waals surface area contributed by atoms with Crippen LogP contribution >= 0.6 is 0 Å². The summed E-state index contributed by atoms with van der Waals surface area (Å²) < 4.78 is 1.60. The summed E-state index contributed by atoms with van der Waals surface area (Å²) in [5.74, 6) is 0.508. The van der Waals surface area contributed by atoms with E-state index in [1.807, 2.05) is 13.8 Å². The zero-order chi connectivity index (χ0) is 14.7. The molecule has 19 heavy (non-hydrogen) atoms. The minimum Gasteiger partial charge on any atom is -0.327 e. The molecule has 108 valence electrons. The van der Waals surface area contributed by atoms with E-state index in [0.717, 1.165) is 6.42 Å². The first-order valence-electron chi connectivity index (χ1n) is 6.69. The van der Waals surface area contributed by atoms with Gasteiger partial charge in [-0.05, 0) is 12.3 Å². The van der Waals surface area contributed by atoms with E-state index in [1.165, 1.54) is 0 Å². The number of hydrogen-bond acceptors (Lipinski definition) is 4. The molecule has 0 saturated carbocycles. The molecular weight excluding hydrogens is 244 g/mol. The largest absolute Gasteiger partial charge is 0.327 e. The van der Waals surface area contributed by atoms with Gasteiger partial charge < -0.3 is 5.73 Å². The molecule has 1 aromatic heterocycles. The number of nitrogens with two attached hydrogens (primary N) is 1. The maximum atomic E-state index is 11.3. The van der Waals surface area contributed by atoms with Crippen LogP contribution in [0.5, 0.6) is 0 Å². The molecule has 0 fully saturated rings. The Morgan fingerprint density at radius 3 is 2.37 bits per heavy atom. The fraction of sp³-hybridized carbons (Fsp3) is 0.769. The van der Waals surface area contributed by atoms with Crippen molar-refractivity contribution in [3.8, 4) is 0 Å². The van der Waals surface area contributed by atoms with Crippen LogP contribution in [-0.2, 0) is 13.5 Å². The van der Waals surface area contributed by atoms with Gasteiger partial charge in [-0.25, -0.2) is 0 Å². The highest BCUT2D eigenvalue weighted by atomic mass is 16.6. The second-order valence-corrected chi connectivity index (χ2v) is 5.81. The SMILES string of the molecule is CC(C)CC(N)Cc1c([N+](=O)[O-])c(C(C)C)nn1C. The number of nitro groups is 1. The highest BCUT2D eigenvalue weighted by Gasteiger charge is 2.29. The Morgan fingerprint density at radius 1 is 1.37 bits per heavy atom. The topological polar surface area (TPSA) is 87.0 Å². The molecule has 1 unspecified atom stereocenters. The molecule has 2 N–H and O–H groups in total. The standard InChI is InChI=1S/C13H24N4O2/c1-8(2)6-10(14)7-11-13(17(18)19)12(9(3)4)15-16(11)5/h8-10H,6-7,14H2,1-5H3. The van der Waals surface area contributed by atoms with Crippen molar-refractivity contribution in [3.63, 3.8) is 0 Å². The lowest BCUT2D eigenvalue weighted by Crippen LogP contribution is -2.26. The van der Waals surface area contributed by atoms with E-state index in [4.69, 9.17) is 5.73 Å². The van der Waals surface area contributed by atoms with Crippen molar-refractivity contribution in [1.29, 1.82) is 0 Å². The lowest BCUT2D eigenvalue weighted by atomic mass is 9.99. The number of nitrogens with zero attached hydrogens (tertiary/aromatic N) is 3. The van der Waals surface area contributed by atoms with Crippen molar-refractivity contribution in [3.05, 3.63) is 21.5 Å². The molecule has 6 nitrogen and oxygen atoms in total. The molecule has 1 rings (SSSR count). The average Bonchev–Trinajstić information content (AvgIpc) is 2.55. The molecule has 0 spiro atoms. The van der Waals surface area contributed by atoms with Gasteiger partial charge >= 0.3 is 5.69 Å². The molecule has 1 heterocycles. The molecule has 6 heteroatoms. The van der Waals surface area contributed by atoms with Crippen LogP contribution in [0.3, 0.4) is 0 Å². The molecule has 0 aliphatic heterocycles. The van der Waals surface area contributed by atoms with Gasteiger partial charge in [0.25, 0.3) is 0 Å². The quantitative estimate of drug-likeness (QED) is 0.633. The normalized spacial score (nSPS) is 13.3. The molecule has 0 bridgehead atoms. The van der Waals surface area contributed by atoms with E-state index in [0.29, 0.717) is 23.7 Å². The first-order chi connectivity index (χ1) is 8.73. The molecule has 0 amide bonds. The third-order valence-corrected chi connectivity index (χ3v) is 3.12. The van der Waals surface area contributed by atoms with Crippen LogP contribution in [-0.4, -0.2) is 20.7 Å². The van der Waals surface area contributed by atoms with Gasteiger partial charge in [-0.1, -0.05) is 27.7 Å². The number of hydrogen-bond donors (Lipinski definition) is 1. The van der Waals surface area contributed by atoms with Crippen LogP contribution in [0.4, 0.5) is 5.69 Å². The molecule has 0 aromatic carbocycles. The van der Waals surface area contributed by atoms with Crippen LogP contribution in [0.2, 0.25) is 0 Å². The number of rotatable bonds is 6. The molecular formula is C13H24N4O2. The number of aromatic nitrogens is 2. The smallest absolute Gasteiger partial charge is 0.313 e. The molecule has 1 atom stereocenters. The summed E-state index contributed by atoms with van der Waals surface area (Å²) in [5, 5.41) is 15.6. The van der Waals surface area contributed by atoms with Crippen molar-refractivity contribution in [1.82, 2.24) is 9.78 Å². The number of aryl methyl sites for hydroxylation is 1. The lowest BCUT2D eigenvalue weighted by Gasteiger charge is -2.13. The zero-order valence-corrected chi connectivity index (χ0v) is 12.4. The summed E-state index contributed by atoms with van der Waals surface area (Å²) in [6, 6.07) is -0.0749. The van der Waals surface area contributed by atoms with Gasteiger partial charge in [-0.3, -0.25) is 14.8 Å². The second-order valence-electron chi connectivity index (χ2n) is 5.81. The molecule has 0 radical (unpaired) electrons. The minimum absolute atomic E-state index is 0.0293. The van der Waals surface area contributed by atoms with E-state index in [1.54, 1.807) is 11.7 Å². The van der Waals surface area contributed by atoms with Crippen molar-refractivity contribution in [2.24, 2.45) is 18.7 Å². The average molecular weight is 268 g/mol. The van der Waals surface area contributed by atoms with Crippen LogP contribution in [0.1, 0.15) is 51.4 Å². The highest BCUT2D eigenvalue weighted by molar-refractivity contribution is 5.43. The Kier molecular flexibility index (Phi) is 5.05. The van der Waals surface area contributed by atoms with E-state index >= 15 is 0 Å². The Labute approximate surface area is 114 Å². The fourth-order valence-corrected chi connectivity index (χ4v) is 2.32. The fourth-order valence-electron chi connectivity index (χ4n) is 2.32. The van der Waals surface area contributed by atoms with Crippen LogP contribution < -0.4 is 5.73 Å². The lowest BCUT2D eigenvalue weighted by molar-refractivity contribution is -0.386. The Balaban J connectivity index is 3.09. The van der Waals surface area contributed by atoms with E-state index in [2.05, 4.69) is 18.9 Å². The van der Waals surface area contributed by atoms with Gasteiger partial charge in [0, 0.05) is 25.4 Å². The Hall–Kier alpha value is -1.43. The van der Waals surface area contributed by atoms with Gasteiger partial charge in [-0.2, -0.15) is 5.10 Å². The van der Waals surface area contributed by atoms with Gasteiger partial charge in [0.05, 0.1) is 4.92 Å². The minimum atomic E-state index is -0.334. The summed E-state index contributed by atoms with van der Waals surface area (Å²) in [6.07, 6.45) is 1.34. The Morgan fingerprint density at radius 2 is 1.95 bits per heavy atom. The second kappa shape index (κ2) is 6.14. The van der Waals surface area contributed by atoms with E-state index < -0.39 is 0 Å². The zero-order valence-electron chi connectivity index (χ0n) is 12.4. The molecule has 0 aliphatic rings. The summed E-state index contributed by atoms with van der Waals surface area (Å²) in [6.45, 7) is 8.01. The van der Waals surface area contributed by atoms with Crippen LogP contribution in [0, 0.1) is 16.0 Å². The van der Waals surface area contributed by atoms with Gasteiger partial charge in [0.2, 0.25) is 0 Å². The monoisotopic (exact) mass is 268 g/mol. The molecule has 0 saturated heterocycles. The van der Waals surface area contributed by atoms with Gasteiger partial charge in [0.15, 0.2) is 0 Å². The Bertz CT molecular complexity index is 452. The van der Waals surface area contributed by atoms with Crippen molar-refractivity contribution in [2.75, 3.05) is 0 Å². The first kappa shape index (κ1) is 15.6. The maximum absolute atomic E-state index is 11.3. The summed E-state index contributed by atoms with van der Waals surface area (Å²) in [7, 11) is 1.75. The molecule has 0 aliphatic carbocycles. The van der Waals surface area contributed by atoms with Crippen molar-refractivity contribution in [2.45, 2.75) is 52.5 Å². The van der Waals surface area contributed by atoms with Crippen LogP contribution in [0.25, 0.3) is 0 Å². The van der Waals surface area contributed by atoms with E-state index in [-0.39, 0.29) is 22.6 Å². The predicted molar refractivity (Wildman–Crippen MR) is 75.1 cm³/mol. The molecule has 1 aromatic rings. The van der Waals surface area contributed by atoms with Gasteiger partial charge in [-0.15, -0.1) is 0 Å². The van der Waals surface area contributed by atoms with E-state index in [9.17, 15) is 10.1 Å². The summed E-state index contributed by atoms with van der Waals surface area (Å²) >= 11 is 0. The third-order valence-electron chi connectivity index (χ3n) is 3.12. The summed E-state index contributed by atoms with van der Waals surface area (Å²) in [4.78, 5) is 10.9. The first-order valence-corrected chi connectivity index (χ1v) is 6.69. The predicted octanol–water partition coefficient (Wildman–Crippen LogP) is 2.37. The van der Waals surface area contributed by atoms with Gasteiger partial charge in [0.1, 0.15) is 11.4 Å². The highest BCUT2D eigenvalue weighted by Crippen LogP contribution is 2.30. The third kappa shape index (κ3) is 3.76. The van der Waals surface area contributed by atoms with Crippen molar-refractivity contribution < 1.29 is 4.92 Å². The summed E-state index contributed by atoms with van der Waals surface area (Å²) in [5.41, 5.74) is 7.37. The van der Waals surface area contributed by atoms with Crippen LogP contribution in [0.15, 0.2) is 0 Å². The van der Waals surface area contributed by atoms with Crippen molar-refractivity contribution >= 4 is 5.69 Å².